The topological polar surface area (TPSA) is 192 Å². The van der Waals surface area contributed by atoms with Crippen LogP contribution in [-0.2, 0) is 29.1 Å². The highest BCUT2D eigenvalue weighted by atomic mass is 32.2. The first-order valence-electron chi connectivity index (χ1n) is 18.9. The van der Waals surface area contributed by atoms with Crippen LogP contribution in [0.3, 0.4) is 0 Å². The molecule has 8 atom stereocenters. The zero-order chi connectivity index (χ0) is 41.9. The number of alkyl halides is 5. The molecule has 0 bridgehead atoms. The van der Waals surface area contributed by atoms with Crippen molar-refractivity contribution >= 4 is 44.6 Å². The molecule has 7 rings (SSSR count). The summed E-state index contributed by atoms with van der Waals surface area (Å²) in [6.07, 6.45) is -7.11. The molecule has 4 heterocycles. The van der Waals surface area contributed by atoms with Gasteiger partial charge in [-0.1, -0.05) is 26.0 Å². The van der Waals surface area contributed by atoms with Crippen LogP contribution in [0.5, 0.6) is 17.4 Å². The van der Waals surface area contributed by atoms with Gasteiger partial charge in [0, 0.05) is 29.3 Å². The summed E-state index contributed by atoms with van der Waals surface area (Å²) in [4.78, 5) is 61.0. The van der Waals surface area contributed by atoms with E-state index in [1.807, 2.05) is 13.0 Å². The fourth-order valence-corrected chi connectivity index (χ4v) is 9.14. The van der Waals surface area contributed by atoms with E-state index in [4.69, 9.17) is 9.47 Å². The zero-order valence-electron chi connectivity index (χ0n) is 31.5. The fraction of sp³-hybridized carbons (Fsp3) is 0.595. The smallest absolute Gasteiger partial charge is 0.472 e. The molecule has 0 unspecified atom stereocenters. The minimum absolute atomic E-state index is 0.0525. The van der Waals surface area contributed by atoms with Gasteiger partial charge in [0.05, 0.1) is 11.8 Å². The molecule has 1 saturated heterocycles. The number of allylic oxidation sites excluding steroid dienone is 1. The van der Waals surface area contributed by atoms with Crippen LogP contribution in [0.2, 0.25) is 0 Å². The maximum absolute atomic E-state index is 14.6. The molecule has 1 aromatic heterocycles. The summed E-state index contributed by atoms with van der Waals surface area (Å²) >= 11 is 0. The second kappa shape index (κ2) is 15.0. The highest BCUT2D eigenvalue weighted by molar-refractivity contribution is 7.91. The first-order chi connectivity index (χ1) is 27.2. The van der Waals surface area contributed by atoms with Gasteiger partial charge in [-0.05, 0) is 75.5 Å². The third kappa shape index (κ3) is 8.45. The first kappa shape index (κ1) is 41.2. The van der Waals surface area contributed by atoms with Crippen molar-refractivity contribution in [1.29, 1.82) is 0 Å². The number of alkyl carbamates (subject to hydrolysis) is 1. The summed E-state index contributed by atoms with van der Waals surface area (Å²) in [6, 6.07) is 1.10. The van der Waals surface area contributed by atoms with Gasteiger partial charge in [-0.15, -0.1) is 8.78 Å². The Balaban J connectivity index is 1.22. The summed E-state index contributed by atoms with van der Waals surface area (Å²) in [5, 5.41) is 4.64. The molecule has 58 heavy (non-hydrogen) atoms. The highest BCUT2D eigenvalue weighted by Crippen LogP contribution is 2.48. The van der Waals surface area contributed by atoms with Gasteiger partial charge in [0.1, 0.15) is 23.7 Å². The number of fused-ring (bicyclic) bond motifs is 5. The lowest BCUT2D eigenvalue weighted by atomic mass is 9.88. The molecule has 3 aliphatic heterocycles. The van der Waals surface area contributed by atoms with Crippen molar-refractivity contribution in [3.63, 3.8) is 0 Å². The van der Waals surface area contributed by atoms with Gasteiger partial charge in [-0.25, -0.2) is 18.2 Å². The molecule has 4 amide bonds. The Kier molecular flexibility index (Phi) is 10.7. The Morgan fingerprint density at radius 2 is 1.81 bits per heavy atom. The summed E-state index contributed by atoms with van der Waals surface area (Å²) in [7, 11) is -4.03. The lowest BCUT2D eigenvalue weighted by Crippen LogP contribution is -2.59. The predicted molar refractivity (Wildman–Crippen MR) is 192 cm³/mol. The summed E-state index contributed by atoms with van der Waals surface area (Å²) in [5.41, 5.74) is -1.70. The quantitative estimate of drug-likeness (QED) is 0.264. The number of nitrogens with one attached hydrogen (secondary N) is 3. The van der Waals surface area contributed by atoms with Gasteiger partial charge < -0.3 is 34.5 Å². The average Bonchev–Trinajstić information content (AvgIpc) is 4.03. The van der Waals surface area contributed by atoms with Crippen LogP contribution < -0.4 is 29.6 Å². The van der Waals surface area contributed by atoms with E-state index >= 15 is 0 Å². The standard InChI is InChI=1S/C37H42F5N5O10S/c1-18-6-4-5-7-21-16-35(21,33(50)46-58(52,53)23-8-9-23)45-30(48)26-15-22(55-31-25-10-11-27-29(24(25)12-13-43-31)57-37(41,42)56-27)17-47(26)32(49)28(19(2)14-18)44-34(51)54-20(3)36(38,39)40/h5,7,10-13,18-23,26,28H,4,6,8-9,14-17H2,1-3H3,(H,44,51)(H,45,48)(H,46,50)/b7-5-/t18-,19-,20-,21-,22-,26+,28+,35-/m1/s1. The molecule has 2 aromatic rings. The number of hydrogen-bond acceptors (Lipinski definition) is 11. The number of amides is 4. The van der Waals surface area contributed by atoms with Crippen LogP contribution in [0.25, 0.3) is 10.8 Å². The van der Waals surface area contributed by atoms with Crippen molar-refractivity contribution in [2.24, 2.45) is 17.8 Å². The molecule has 0 radical (unpaired) electrons. The zero-order valence-corrected chi connectivity index (χ0v) is 32.3. The molecule has 15 nitrogen and oxygen atoms in total. The normalized spacial score (nSPS) is 30.8. The third-order valence-electron chi connectivity index (χ3n) is 11.2. The van der Waals surface area contributed by atoms with Crippen LogP contribution in [0.4, 0.5) is 26.7 Å². The number of benzene rings is 1. The molecule has 2 saturated carbocycles. The van der Waals surface area contributed by atoms with Gasteiger partial charge in [-0.3, -0.25) is 19.1 Å². The maximum atomic E-state index is 14.6. The molecule has 1 aromatic carbocycles. The van der Waals surface area contributed by atoms with Gasteiger partial charge in [-0.2, -0.15) is 13.2 Å². The largest absolute Gasteiger partial charge is 0.586 e. The SMILES string of the molecule is C[C@@H]1CC/C=C\[C@@H]2C[C@@]2(C(=O)NS(=O)(=O)C2CC2)NC(=O)[C@@H]2C[C@@H](Oc3nccc4c5c(ccc34)OC(F)(F)O5)CN2C(=O)[C@@H](NC(=O)O[C@H](C)C(F)(F)F)[C@H](C)C1. The lowest BCUT2D eigenvalue weighted by Gasteiger charge is -2.33. The van der Waals surface area contributed by atoms with E-state index in [-0.39, 0.29) is 53.5 Å². The van der Waals surface area contributed by atoms with Crippen molar-refractivity contribution in [3.8, 4) is 17.4 Å². The molecule has 3 N–H and O–H groups in total. The van der Waals surface area contributed by atoms with E-state index < -0.39 is 93.2 Å². The number of nitrogens with zero attached hydrogens (tertiary/aromatic N) is 2. The number of sulfonamides is 1. The molecule has 5 aliphatic rings. The van der Waals surface area contributed by atoms with E-state index in [0.29, 0.717) is 39.0 Å². The maximum Gasteiger partial charge on any atom is 0.586 e. The van der Waals surface area contributed by atoms with Crippen LogP contribution in [0.1, 0.15) is 65.7 Å². The average molecular weight is 844 g/mol. The molecular formula is C37H42F5N5O10S. The number of halogens is 5. The van der Waals surface area contributed by atoms with E-state index in [1.54, 1.807) is 13.0 Å². The highest BCUT2D eigenvalue weighted by Gasteiger charge is 2.62. The van der Waals surface area contributed by atoms with Gasteiger partial charge in [0.2, 0.25) is 27.7 Å². The third-order valence-corrected chi connectivity index (χ3v) is 13.0. The monoisotopic (exact) mass is 843 g/mol. The van der Waals surface area contributed by atoms with Crippen molar-refractivity contribution < 1.29 is 68.5 Å². The Bertz CT molecular complexity index is 2140. The Morgan fingerprint density at radius 3 is 2.52 bits per heavy atom. The van der Waals surface area contributed by atoms with Crippen LogP contribution in [0.15, 0.2) is 36.5 Å². The van der Waals surface area contributed by atoms with E-state index in [9.17, 15) is 49.5 Å². The fourth-order valence-electron chi connectivity index (χ4n) is 7.77. The molecular weight excluding hydrogens is 801 g/mol. The lowest BCUT2D eigenvalue weighted by molar-refractivity contribution is -0.286. The second-order valence-electron chi connectivity index (χ2n) is 15.7. The first-order valence-corrected chi connectivity index (χ1v) is 20.5. The van der Waals surface area contributed by atoms with Crippen LogP contribution in [0, 0.1) is 17.8 Å². The number of rotatable bonds is 7. The number of carbonyl (C=O) groups excluding carboxylic acids is 4. The summed E-state index contributed by atoms with van der Waals surface area (Å²) < 4.78 is 116. The predicted octanol–water partition coefficient (Wildman–Crippen LogP) is 4.45. The summed E-state index contributed by atoms with van der Waals surface area (Å²) in [6.45, 7) is 3.81. The number of aromatic nitrogens is 1. The van der Waals surface area contributed by atoms with Crippen molar-refractivity contribution in [2.45, 2.75) is 113 Å². The van der Waals surface area contributed by atoms with Crippen LogP contribution in [-0.4, -0.2) is 96.2 Å². The Hall–Kier alpha value is -4.95. The van der Waals surface area contributed by atoms with Gasteiger partial charge in [0.25, 0.3) is 5.91 Å². The van der Waals surface area contributed by atoms with Crippen molar-refractivity contribution in [1.82, 2.24) is 25.2 Å². The van der Waals surface area contributed by atoms with Gasteiger partial charge in [0.15, 0.2) is 17.6 Å². The van der Waals surface area contributed by atoms with Crippen molar-refractivity contribution in [2.75, 3.05) is 6.54 Å². The minimum Gasteiger partial charge on any atom is -0.472 e. The van der Waals surface area contributed by atoms with Crippen molar-refractivity contribution in [3.05, 3.63) is 36.5 Å². The number of hydrogen-bond donors (Lipinski definition) is 3. The summed E-state index contributed by atoms with van der Waals surface area (Å²) in [5.74, 6) is -4.64. The minimum atomic E-state index is -4.89. The van der Waals surface area contributed by atoms with E-state index in [2.05, 4.69) is 29.8 Å². The second-order valence-corrected chi connectivity index (χ2v) is 17.7. The molecule has 21 heteroatoms. The molecule has 0 spiro atoms. The number of ether oxygens (including phenoxy) is 4. The van der Waals surface area contributed by atoms with Crippen LogP contribution >= 0.6 is 0 Å². The Morgan fingerprint density at radius 1 is 1.07 bits per heavy atom. The molecule has 3 fully saturated rings. The molecule has 2 aliphatic carbocycles. The number of carbonyl (C=O) groups is 4. The van der Waals surface area contributed by atoms with Gasteiger partial charge >= 0.3 is 18.6 Å². The van der Waals surface area contributed by atoms with E-state index in [0.717, 1.165) is 4.90 Å². The molecule has 316 valence electrons. The number of pyridine rings is 1. The Labute approximate surface area is 329 Å². The van der Waals surface area contributed by atoms with E-state index in [1.165, 1.54) is 24.4 Å².